The van der Waals surface area contributed by atoms with Crippen molar-refractivity contribution in [3.05, 3.63) is 46.8 Å². The third-order valence-corrected chi connectivity index (χ3v) is 11.4. The lowest BCUT2D eigenvalue weighted by Crippen LogP contribution is -2.60. The number of hydrogen-bond donors (Lipinski definition) is 3. The monoisotopic (exact) mass is 797 g/mol. The Hall–Kier alpha value is -4.35. The lowest BCUT2D eigenvalue weighted by molar-refractivity contribution is -0.149. The first-order valence-electron chi connectivity index (χ1n) is 19.1. The highest BCUT2D eigenvalue weighted by Crippen LogP contribution is 2.41. The van der Waals surface area contributed by atoms with Gasteiger partial charge in [-0.1, -0.05) is 40.5 Å². The fourth-order valence-electron chi connectivity index (χ4n) is 8.13. The number of nitrogens with two attached hydrogens (primary N) is 1. The summed E-state index contributed by atoms with van der Waals surface area (Å²) in [6, 6.07) is -3.42. The lowest BCUT2D eigenvalue weighted by Gasteiger charge is -2.35. The van der Waals surface area contributed by atoms with E-state index in [1.807, 2.05) is 0 Å². The average Bonchev–Trinajstić information content (AvgIpc) is 3.92. The number of alkyl halides is 3. The Labute approximate surface area is 320 Å². The number of rotatable bonds is 14. The second kappa shape index (κ2) is 17.0. The Kier molecular flexibility index (Phi) is 13.0. The molecule has 12 nitrogen and oxygen atoms in total. The molecule has 3 heterocycles. The van der Waals surface area contributed by atoms with E-state index < -0.39 is 107 Å². The molecule has 1 saturated carbocycles. The molecule has 56 heavy (non-hydrogen) atoms. The van der Waals surface area contributed by atoms with Gasteiger partial charge in [-0.05, 0) is 62.0 Å². The van der Waals surface area contributed by atoms with Crippen molar-refractivity contribution in [2.45, 2.75) is 129 Å². The number of amides is 3. The fraction of sp³-hybridized carbons (Fsp3) is 0.658. The van der Waals surface area contributed by atoms with Gasteiger partial charge in [0.15, 0.2) is 17.4 Å². The molecule has 0 radical (unpaired) electrons. The number of benzene rings is 1. The van der Waals surface area contributed by atoms with Gasteiger partial charge >= 0.3 is 6.18 Å². The summed E-state index contributed by atoms with van der Waals surface area (Å²) in [4.78, 5) is 70.6. The van der Waals surface area contributed by atoms with Crippen LogP contribution in [0.5, 0.6) is 0 Å². The minimum absolute atomic E-state index is 0.0147. The minimum atomic E-state index is -4.82. The second-order valence-electron chi connectivity index (χ2n) is 16.0. The fourth-order valence-corrected chi connectivity index (χ4v) is 8.13. The molecule has 1 aromatic carbocycles. The molecular weight excluding hydrogens is 748 g/mol. The van der Waals surface area contributed by atoms with Gasteiger partial charge in [-0.2, -0.15) is 13.2 Å². The van der Waals surface area contributed by atoms with Crippen molar-refractivity contribution in [1.29, 1.82) is 0 Å². The first kappa shape index (κ1) is 42.8. The smallest absolute Gasteiger partial charge is 0.351 e. The third kappa shape index (κ3) is 8.94. The zero-order valence-electron chi connectivity index (χ0n) is 31.9. The van der Waals surface area contributed by atoms with Crippen molar-refractivity contribution in [3.63, 3.8) is 0 Å². The molecule has 1 aliphatic carbocycles. The molecule has 2 aliphatic heterocycles. The van der Waals surface area contributed by atoms with Gasteiger partial charge in [-0.25, -0.2) is 13.2 Å². The van der Waals surface area contributed by atoms with Crippen molar-refractivity contribution in [3.8, 4) is 0 Å². The van der Waals surface area contributed by atoms with E-state index in [0.717, 1.165) is 4.57 Å². The van der Waals surface area contributed by atoms with Crippen LogP contribution in [0.25, 0.3) is 0 Å². The van der Waals surface area contributed by atoms with Crippen LogP contribution in [0.2, 0.25) is 0 Å². The number of aromatic nitrogens is 3. The molecule has 308 valence electrons. The van der Waals surface area contributed by atoms with E-state index in [2.05, 4.69) is 20.8 Å². The van der Waals surface area contributed by atoms with Gasteiger partial charge in [0.25, 0.3) is 0 Å². The van der Waals surface area contributed by atoms with Crippen LogP contribution >= 0.6 is 0 Å². The predicted octanol–water partition coefficient (Wildman–Crippen LogP) is 4.21. The lowest BCUT2D eigenvalue weighted by atomic mass is 9.75. The van der Waals surface area contributed by atoms with E-state index >= 15 is 0 Å². The normalized spacial score (nSPS) is 21.1. The summed E-state index contributed by atoms with van der Waals surface area (Å²) in [5.41, 5.74) is 4.46. The summed E-state index contributed by atoms with van der Waals surface area (Å²) in [5.74, 6) is -9.67. The zero-order chi connectivity index (χ0) is 41.3. The first-order chi connectivity index (χ1) is 26.2. The highest BCUT2D eigenvalue weighted by atomic mass is 19.4. The quantitative estimate of drug-likeness (QED) is 0.145. The Morgan fingerprint density at radius 3 is 2.20 bits per heavy atom. The number of fused-ring (bicyclic) bond motifs is 1. The maximum absolute atomic E-state index is 14.9. The average molecular weight is 798 g/mol. The number of halogens is 6. The molecule has 5 rings (SSSR count). The van der Waals surface area contributed by atoms with E-state index in [4.69, 9.17) is 5.73 Å². The standard InChI is InChI=1S/C38H49F6N7O5/c1-19(2)30(45)32(53)37(11-5-6-12-37)36(56)47-31(20(3)4)34(55)50-13-7-8-27(50)33(54)46-23(14-22-15-25(40)26(41)17-24(22)39)16-28(52)21-9-10-29-48-49-35(38(42,43)44)51(29)18-21/h15,17,19-21,23,27,30-31H,5-14,16,18,45H2,1-4H3,(H,46,54)(H,47,56). The molecule has 4 N–H and O–H groups in total. The first-order valence-corrected chi connectivity index (χ1v) is 19.1. The molecule has 3 amide bonds. The molecule has 3 aliphatic rings. The van der Waals surface area contributed by atoms with E-state index in [-0.39, 0.29) is 68.3 Å². The number of nitrogens with zero attached hydrogens (tertiary/aromatic N) is 4. The summed E-state index contributed by atoms with van der Waals surface area (Å²) in [6.45, 7) is 6.73. The second-order valence-corrected chi connectivity index (χ2v) is 16.0. The van der Waals surface area contributed by atoms with Crippen LogP contribution < -0.4 is 16.4 Å². The summed E-state index contributed by atoms with van der Waals surface area (Å²) in [7, 11) is 0. The van der Waals surface area contributed by atoms with Crippen LogP contribution in [0, 0.1) is 40.6 Å². The molecular formula is C38H49F6N7O5. The largest absolute Gasteiger partial charge is 0.451 e. The van der Waals surface area contributed by atoms with Gasteiger partial charge in [-0.15, -0.1) is 10.2 Å². The van der Waals surface area contributed by atoms with Crippen molar-refractivity contribution < 1.29 is 50.3 Å². The number of Topliss-reactive ketones (excluding diaryl/α,β-unsaturated/α-hetero) is 2. The molecule has 2 fully saturated rings. The van der Waals surface area contributed by atoms with E-state index in [0.29, 0.717) is 31.4 Å². The van der Waals surface area contributed by atoms with Crippen molar-refractivity contribution in [1.82, 2.24) is 30.3 Å². The molecule has 18 heteroatoms. The zero-order valence-corrected chi connectivity index (χ0v) is 31.9. The van der Waals surface area contributed by atoms with Crippen LogP contribution in [-0.4, -0.2) is 79.7 Å². The van der Waals surface area contributed by atoms with Gasteiger partial charge in [0.05, 0.1) is 6.04 Å². The van der Waals surface area contributed by atoms with Crippen LogP contribution in [0.4, 0.5) is 26.3 Å². The molecule has 5 unspecified atom stereocenters. The van der Waals surface area contributed by atoms with Gasteiger partial charge in [0.2, 0.25) is 23.5 Å². The SMILES string of the molecule is CC(C)C(N)C(=O)C1(C(=O)NC(C(=O)N2CCCC2C(=O)NC(CC(=O)C2CCc3nnc(C(F)(F)F)n3C2)Cc2cc(F)c(F)cc2F)C(C)C)CCCC1. The summed E-state index contributed by atoms with van der Waals surface area (Å²) >= 11 is 0. The Morgan fingerprint density at radius 1 is 0.911 bits per heavy atom. The summed E-state index contributed by atoms with van der Waals surface area (Å²) in [6.07, 6.45) is -3.27. The highest BCUT2D eigenvalue weighted by molar-refractivity contribution is 6.09. The Bertz CT molecular complexity index is 1830. The molecule has 0 spiro atoms. The third-order valence-electron chi connectivity index (χ3n) is 11.4. The van der Waals surface area contributed by atoms with Crippen molar-refractivity contribution >= 4 is 29.3 Å². The molecule has 5 atom stereocenters. The van der Waals surface area contributed by atoms with Crippen LogP contribution in [-0.2, 0) is 49.5 Å². The van der Waals surface area contributed by atoms with Gasteiger partial charge in [-0.3, -0.25) is 24.0 Å². The number of hydrogen-bond acceptors (Lipinski definition) is 8. The Morgan fingerprint density at radius 2 is 1.57 bits per heavy atom. The van der Waals surface area contributed by atoms with Crippen LogP contribution in [0.1, 0.15) is 96.3 Å². The van der Waals surface area contributed by atoms with Crippen molar-refractivity contribution in [2.75, 3.05) is 6.54 Å². The van der Waals surface area contributed by atoms with E-state index in [9.17, 15) is 50.3 Å². The number of ketones is 2. The van der Waals surface area contributed by atoms with E-state index in [1.165, 1.54) is 4.90 Å². The molecule has 1 saturated heterocycles. The van der Waals surface area contributed by atoms with Gasteiger partial charge in [0.1, 0.15) is 34.9 Å². The van der Waals surface area contributed by atoms with Crippen LogP contribution in [0.3, 0.4) is 0 Å². The molecule has 1 aromatic heterocycles. The minimum Gasteiger partial charge on any atom is -0.351 e. The summed E-state index contributed by atoms with van der Waals surface area (Å²) in [5, 5.41) is 12.3. The maximum Gasteiger partial charge on any atom is 0.451 e. The Balaban J connectivity index is 1.35. The van der Waals surface area contributed by atoms with Crippen molar-refractivity contribution in [2.24, 2.45) is 28.9 Å². The number of carbonyl (C=O) groups excluding carboxylic acids is 5. The summed E-state index contributed by atoms with van der Waals surface area (Å²) < 4.78 is 84.5. The van der Waals surface area contributed by atoms with Gasteiger partial charge in [0, 0.05) is 44.0 Å². The number of nitrogens with one attached hydrogen (secondary N) is 2. The maximum atomic E-state index is 14.9. The highest BCUT2D eigenvalue weighted by Gasteiger charge is 2.51. The topological polar surface area (TPSA) is 169 Å². The van der Waals surface area contributed by atoms with E-state index in [1.54, 1.807) is 27.7 Å². The van der Waals surface area contributed by atoms with Crippen LogP contribution in [0.15, 0.2) is 12.1 Å². The van der Waals surface area contributed by atoms with Gasteiger partial charge < -0.3 is 25.8 Å². The molecule has 2 aromatic rings. The number of carbonyl (C=O) groups is 5. The predicted molar refractivity (Wildman–Crippen MR) is 189 cm³/mol. The number of aryl methyl sites for hydroxylation is 1. The molecule has 0 bridgehead atoms. The number of likely N-dealkylation sites (tertiary alicyclic amines) is 1.